The number of carbonyl (C=O) groups is 1. The van der Waals surface area contributed by atoms with E-state index in [0.29, 0.717) is 23.2 Å². The predicted molar refractivity (Wildman–Crippen MR) is 123 cm³/mol. The van der Waals surface area contributed by atoms with Gasteiger partial charge in [0.15, 0.2) is 0 Å². The standard InChI is InChI=1S/C23H26ClFN6O/c24-15-9-16(25)11-18(10-15)29-20(8-14-3-4-14)23(32)30-17-2-1-7-31(12-17)22-19-5-6-26-21(19)27-13-28-22/h5-6,9-11,13-14,17,20,29H,1-4,7-8,12H2,(H,30,32)(H,26,27,28)/t17-,20-/m1/s1. The van der Waals surface area contributed by atoms with Crippen molar-refractivity contribution in [2.75, 3.05) is 23.3 Å². The smallest absolute Gasteiger partial charge is 0.242 e. The van der Waals surface area contributed by atoms with Gasteiger partial charge in [0, 0.05) is 36.0 Å². The van der Waals surface area contributed by atoms with Gasteiger partial charge in [0.2, 0.25) is 5.91 Å². The van der Waals surface area contributed by atoms with Crippen LogP contribution in [0.1, 0.15) is 32.1 Å². The molecular formula is C23H26ClFN6O. The highest BCUT2D eigenvalue weighted by Crippen LogP contribution is 2.34. The van der Waals surface area contributed by atoms with E-state index in [4.69, 9.17) is 11.6 Å². The van der Waals surface area contributed by atoms with E-state index in [0.717, 1.165) is 55.5 Å². The van der Waals surface area contributed by atoms with Gasteiger partial charge in [-0.25, -0.2) is 14.4 Å². The Labute approximate surface area is 190 Å². The average Bonchev–Trinajstić information content (AvgIpc) is 3.45. The lowest BCUT2D eigenvalue weighted by Crippen LogP contribution is -2.52. The molecule has 3 heterocycles. The minimum Gasteiger partial charge on any atom is -0.374 e. The summed E-state index contributed by atoms with van der Waals surface area (Å²) in [7, 11) is 0. The van der Waals surface area contributed by atoms with Crippen molar-refractivity contribution in [2.24, 2.45) is 5.92 Å². The third-order valence-electron chi connectivity index (χ3n) is 6.19. The highest BCUT2D eigenvalue weighted by Gasteiger charge is 2.31. The van der Waals surface area contributed by atoms with E-state index >= 15 is 0 Å². The first kappa shape index (κ1) is 21.0. The molecule has 0 bridgehead atoms. The highest BCUT2D eigenvalue weighted by atomic mass is 35.5. The van der Waals surface area contributed by atoms with Crippen molar-refractivity contribution in [3.05, 3.63) is 47.6 Å². The fourth-order valence-electron chi connectivity index (χ4n) is 4.46. The minimum absolute atomic E-state index is 0.0137. The van der Waals surface area contributed by atoms with Gasteiger partial charge in [-0.3, -0.25) is 4.79 Å². The number of nitrogens with one attached hydrogen (secondary N) is 3. The number of halogens is 2. The van der Waals surface area contributed by atoms with Crippen LogP contribution in [-0.2, 0) is 4.79 Å². The molecule has 0 unspecified atom stereocenters. The van der Waals surface area contributed by atoms with Gasteiger partial charge in [0.05, 0.1) is 5.39 Å². The second-order valence-electron chi connectivity index (χ2n) is 8.77. The number of carbonyl (C=O) groups excluding carboxylic acids is 1. The third-order valence-corrected chi connectivity index (χ3v) is 6.40. The molecule has 0 spiro atoms. The number of H-pyrrole nitrogens is 1. The van der Waals surface area contributed by atoms with E-state index in [-0.39, 0.29) is 11.9 Å². The molecule has 7 nitrogen and oxygen atoms in total. The van der Waals surface area contributed by atoms with Crippen LogP contribution < -0.4 is 15.5 Å². The Balaban J connectivity index is 1.27. The van der Waals surface area contributed by atoms with Crippen LogP contribution in [0.4, 0.5) is 15.9 Å². The fourth-order valence-corrected chi connectivity index (χ4v) is 4.68. The van der Waals surface area contributed by atoms with E-state index in [1.807, 2.05) is 12.3 Å². The molecule has 0 radical (unpaired) electrons. The van der Waals surface area contributed by atoms with Crippen molar-refractivity contribution in [2.45, 2.75) is 44.2 Å². The fraction of sp³-hybridized carbons (Fsp3) is 0.435. The summed E-state index contributed by atoms with van der Waals surface area (Å²) < 4.78 is 13.8. The summed E-state index contributed by atoms with van der Waals surface area (Å²) in [6, 6.07) is 5.85. The summed E-state index contributed by atoms with van der Waals surface area (Å²) in [5.41, 5.74) is 1.33. The summed E-state index contributed by atoms with van der Waals surface area (Å²) in [5.74, 6) is 0.943. The van der Waals surface area contributed by atoms with Gasteiger partial charge in [-0.15, -0.1) is 0 Å². The Hall–Kier alpha value is -2.87. The molecule has 32 heavy (non-hydrogen) atoms. The van der Waals surface area contributed by atoms with Gasteiger partial charge in [0.25, 0.3) is 0 Å². The van der Waals surface area contributed by atoms with Crippen molar-refractivity contribution >= 4 is 40.0 Å². The van der Waals surface area contributed by atoms with E-state index in [1.165, 1.54) is 12.1 Å². The number of anilines is 2. The number of piperidine rings is 1. The summed E-state index contributed by atoms with van der Waals surface area (Å²) in [4.78, 5) is 27.3. The van der Waals surface area contributed by atoms with Gasteiger partial charge in [-0.05, 0) is 49.4 Å². The molecule has 1 saturated carbocycles. The van der Waals surface area contributed by atoms with E-state index in [9.17, 15) is 9.18 Å². The van der Waals surface area contributed by atoms with Crippen molar-refractivity contribution in [3.8, 4) is 0 Å². The number of hydrogen-bond acceptors (Lipinski definition) is 5. The van der Waals surface area contributed by atoms with Gasteiger partial charge in [-0.1, -0.05) is 24.4 Å². The van der Waals surface area contributed by atoms with Gasteiger partial charge >= 0.3 is 0 Å². The molecule has 1 saturated heterocycles. The molecule has 3 N–H and O–H groups in total. The Morgan fingerprint density at radius 1 is 1.28 bits per heavy atom. The number of aromatic nitrogens is 3. The zero-order valence-corrected chi connectivity index (χ0v) is 18.4. The Bertz CT molecular complexity index is 1100. The quantitative estimate of drug-likeness (QED) is 0.498. The number of rotatable bonds is 7. The van der Waals surface area contributed by atoms with Crippen molar-refractivity contribution in [1.29, 1.82) is 0 Å². The molecule has 2 atom stereocenters. The number of amides is 1. The molecule has 1 aliphatic heterocycles. The maximum absolute atomic E-state index is 13.8. The van der Waals surface area contributed by atoms with Crippen molar-refractivity contribution in [1.82, 2.24) is 20.3 Å². The molecule has 1 aromatic carbocycles. The van der Waals surface area contributed by atoms with Crippen molar-refractivity contribution < 1.29 is 9.18 Å². The van der Waals surface area contributed by atoms with Crippen LogP contribution in [-0.4, -0.2) is 46.0 Å². The second kappa shape index (κ2) is 8.94. The molecule has 2 fully saturated rings. The number of hydrogen-bond donors (Lipinski definition) is 3. The minimum atomic E-state index is -0.425. The monoisotopic (exact) mass is 456 g/mol. The number of fused-ring (bicyclic) bond motifs is 1. The first-order valence-corrected chi connectivity index (χ1v) is 11.5. The molecule has 1 aliphatic carbocycles. The Morgan fingerprint density at radius 2 is 2.16 bits per heavy atom. The van der Waals surface area contributed by atoms with Crippen molar-refractivity contribution in [3.63, 3.8) is 0 Å². The normalized spacial score (nSPS) is 19.7. The van der Waals surface area contributed by atoms with Crippen LogP contribution >= 0.6 is 11.6 Å². The van der Waals surface area contributed by atoms with Gasteiger partial charge in [-0.2, -0.15) is 0 Å². The second-order valence-corrected chi connectivity index (χ2v) is 9.20. The SMILES string of the molecule is O=C(N[C@@H]1CCCN(c2ncnc3[nH]ccc23)C1)[C@@H](CC1CC1)Nc1cc(F)cc(Cl)c1. The van der Waals surface area contributed by atoms with Crippen LogP contribution in [0.3, 0.4) is 0 Å². The van der Waals surface area contributed by atoms with E-state index in [2.05, 4.69) is 30.5 Å². The molecular weight excluding hydrogens is 431 g/mol. The summed E-state index contributed by atoms with van der Waals surface area (Å²) >= 11 is 6.00. The number of aromatic amines is 1. The Morgan fingerprint density at radius 3 is 2.97 bits per heavy atom. The molecule has 3 aromatic rings. The zero-order valence-electron chi connectivity index (χ0n) is 17.7. The molecule has 5 rings (SSSR count). The third kappa shape index (κ3) is 4.80. The predicted octanol–water partition coefficient (Wildman–Crippen LogP) is 4.12. The molecule has 168 valence electrons. The van der Waals surface area contributed by atoms with E-state index in [1.54, 1.807) is 12.4 Å². The van der Waals surface area contributed by atoms with Gasteiger partial charge < -0.3 is 20.5 Å². The van der Waals surface area contributed by atoms with E-state index < -0.39 is 11.9 Å². The first-order valence-electron chi connectivity index (χ1n) is 11.1. The summed E-state index contributed by atoms with van der Waals surface area (Å²) in [6.07, 6.45) is 8.29. The largest absolute Gasteiger partial charge is 0.374 e. The maximum Gasteiger partial charge on any atom is 0.242 e. The number of benzene rings is 1. The van der Waals surface area contributed by atoms with Crippen LogP contribution in [0, 0.1) is 11.7 Å². The topological polar surface area (TPSA) is 85.9 Å². The highest BCUT2D eigenvalue weighted by molar-refractivity contribution is 6.30. The molecule has 9 heteroatoms. The lowest BCUT2D eigenvalue weighted by Gasteiger charge is -2.35. The first-order chi connectivity index (χ1) is 15.5. The molecule has 1 amide bonds. The summed E-state index contributed by atoms with van der Waals surface area (Å²) in [5, 5.41) is 7.72. The van der Waals surface area contributed by atoms with Crippen LogP contribution in [0.15, 0.2) is 36.8 Å². The maximum atomic E-state index is 13.8. The average molecular weight is 457 g/mol. The van der Waals surface area contributed by atoms with Crippen LogP contribution in [0.2, 0.25) is 5.02 Å². The molecule has 2 aromatic heterocycles. The number of nitrogens with zero attached hydrogens (tertiary/aromatic N) is 3. The Kier molecular flexibility index (Phi) is 5.87. The lowest BCUT2D eigenvalue weighted by atomic mass is 10.0. The molecule has 2 aliphatic rings. The van der Waals surface area contributed by atoms with Crippen LogP contribution in [0.5, 0.6) is 0 Å². The lowest BCUT2D eigenvalue weighted by molar-refractivity contribution is -0.122. The van der Waals surface area contributed by atoms with Gasteiger partial charge in [0.1, 0.15) is 29.7 Å². The summed E-state index contributed by atoms with van der Waals surface area (Å²) in [6.45, 7) is 1.57. The van der Waals surface area contributed by atoms with Crippen LogP contribution in [0.25, 0.3) is 11.0 Å². The zero-order chi connectivity index (χ0) is 22.1.